The van der Waals surface area contributed by atoms with Crippen molar-refractivity contribution in [1.29, 1.82) is 0 Å². The molecule has 2 aliphatic rings. The summed E-state index contributed by atoms with van der Waals surface area (Å²) < 4.78 is 40.0. The third kappa shape index (κ3) is 5.67. The van der Waals surface area contributed by atoms with Crippen LogP contribution in [0.25, 0.3) is 0 Å². The standard InChI is InChI=1S/C23H34FN3O4S/c1-3-4-13-25(2)22(28)18-9-14-26(15-10-18)23(29)19-11-16-27(17-12-19)32(30,31)21-7-5-20(24)6-8-21/h5-8,18-19H,3-4,9-17H2,1-2H3. The molecule has 1 aromatic rings. The van der Waals surface area contributed by atoms with E-state index in [1.165, 1.54) is 16.4 Å². The number of likely N-dealkylation sites (tertiary alicyclic amines) is 1. The lowest BCUT2D eigenvalue weighted by molar-refractivity contribution is -0.142. The molecule has 0 saturated carbocycles. The molecule has 2 saturated heterocycles. The average Bonchev–Trinajstić information content (AvgIpc) is 2.82. The van der Waals surface area contributed by atoms with Gasteiger partial charge in [-0.2, -0.15) is 4.31 Å². The van der Waals surface area contributed by atoms with Gasteiger partial charge in [0.25, 0.3) is 0 Å². The van der Waals surface area contributed by atoms with Crippen LogP contribution in [0.4, 0.5) is 4.39 Å². The van der Waals surface area contributed by atoms with E-state index < -0.39 is 15.8 Å². The number of unbranched alkanes of at least 4 members (excludes halogenated alkanes) is 1. The molecule has 0 unspecified atom stereocenters. The summed E-state index contributed by atoms with van der Waals surface area (Å²) in [5, 5.41) is 0. The van der Waals surface area contributed by atoms with Crippen molar-refractivity contribution in [3.8, 4) is 0 Å². The minimum Gasteiger partial charge on any atom is -0.346 e. The zero-order valence-corrected chi connectivity index (χ0v) is 19.8. The van der Waals surface area contributed by atoms with E-state index in [-0.39, 0.29) is 41.6 Å². The monoisotopic (exact) mass is 467 g/mol. The van der Waals surface area contributed by atoms with Gasteiger partial charge in [-0.05, 0) is 56.4 Å². The average molecular weight is 468 g/mol. The Morgan fingerprint density at radius 2 is 1.56 bits per heavy atom. The number of halogens is 1. The molecular weight excluding hydrogens is 433 g/mol. The van der Waals surface area contributed by atoms with Crippen LogP contribution >= 0.6 is 0 Å². The molecule has 2 aliphatic heterocycles. The topological polar surface area (TPSA) is 78.0 Å². The fraction of sp³-hybridized carbons (Fsp3) is 0.652. The Hall–Kier alpha value is -2.00. The lowest BCUT2D eigenvalue weighted by Crippen LogP contribution is -2.48. The Morgan fingerprint density at radius 3 is 2.12 bits per heavy atom. The second-order valence-corrected chi connectivity index (χ2v) is 10.8. The van der Waals surface area contributed by atoms with Gasteiger partial charge in [0.2, 0.25) is 21.8 Å². The van der Waals surface area contributed by atoms with E-state index in [4.69, 9.17) is 0 Å². The first-order valence-corrected chi connectivity index (χ1v) is 13.0. The molecule has 2 amide bonds. The predicted molar refractivity (Wildman–Crippen MR) is 120 cm³/mol. The van der Waals surface area contributed by atoms with E-state index in [9.17, 15) is 22.4 Å². The zero-order chi connectivity index (χ0) is 23.3. The molecule has 2 heterocycles. The van der Waals surface area contributed by atoms with Gasteiger partial charge in [0, 0.05) is 51.6 Å². The summed E-state index contributed by atoms with van der Waals surface area (Å²) in [6, 6.07) is 4.82. The number of rotatable bonds is 7. The predicted octanol–water partition coefficient (Wildman–Crippen LogP) is 2.72. The Balaban J connectivity index is 1.49. The van der Waals surface area contributed by atoms with Gasteiger partial charge in [-0.25, -0.2) is 12.8 Å². The van der Waals surface area contributed by atoms with Gasteiger partial charge in [0.15, 0.2) is 0 Å². The number of hydrogen-bond acceptors (Lipinski definition) is 4. The van der Waals surface area contributed by atoms with Crippen molar-refractivity contribution in [3.05, 3.63) is 30.1 Å². The molecule has 3 rings (SSSR count). The third-order valence-corrected chi connectivity index (χ3v) is 8.55. The normalized spacial score (nSPS) is 19.2. The smallest absolute Gasteiger partial charge is 0.243 e. The first-order chi connectivity index (χ1) is 15.2. The SMILES string of the molecule is CCCCN(C)C(=O)C1CCN(C(=O)C2CCN(S(=O)(=O)c3ccc(F)cc3)CC2)CC1. The second-order valence-electron chi connectivity index (χ2n) is 8.85. The maximum absolute atomic E-state index is 13.1. The van der Waals surface area contributed by atoms with Crippen molar-refractivity contribution >= 4 is 21.8 Å². The molecule has 0 N–H and O–H groups in total. The van der Waals surface area contributed by atoms with E-state index in [0.29, 0.717) is 38.8 Å². The molecule has 7 nitrogen and oxygen atoms in total. The van der Waals surface area contributed by atoms with Gasteiger partial charge in [-0.1, -0.05) is 13.3 Å². The highest BCUT2D eigenvalue weighted by atomic mass is 32.2. The summed E-state index contributed by atoms with van der Waals surface area (Å²) in [5.74, 6) is -0.469. The quantitative estimate of drug-likeness (QED) is 0.618. The first-order valence-electron chi connectivity index (χ1n) is 11.5. The molecule has 0 spiro atoms. The van der Waals surface area contributed by atoms with E-state index >= 15 is 0 Å². The Labute approximate surface area is 190 Å². The molecule has 0 bridgehead atoms. The highest BCUT2D eigenvalue weighted by Crippen LogP contribution is 2.27. The third-order valence-electron chi connectivity index (χ3n) is 6.63. The van der Waals surface area contributed by atoms with Crippen LogP contribution in [0.3, 0.4) is 0 Å². The maximum Gasteiger partial charge on any atom is 0.243 e. The lowest BCUT2D eigenvalue weighted by Gasteiger charge is -2.37. The fourth-order valence-electron chi connectivity index (χ4n) is 4.52. The highest BCUT2D eigenvalue weighted by Gasteiger charge is 2.36. The molecule has 0 aromatic heterocycles. The molecule has 1 aromatic carbocycles. The molecule has 178 valence electrons. The summed E-state index contributed by atoms with van der Waals surface area (Å²) in [4.78, 5) is 29.3. The van der Waals surface area contributed by atoms with Crippen molar-refractivity contribution < 1.29 is 22.4 Å². The van der Waals surface area contributed by atoms with E-state index in [1.54, 1.807) is 0 Å². The number of benzene rings is 1. The number of carbonyl (C=O) groups is 2. The number of nitrogens with zero attached hydrogens (tertiary/aromatic N) is 3. The van der Waals surface area contributed by atoms with Crippen LogP contribution in [-0.2, 0) is 19.6 Å². The summed E-state index contributed by atoms with van der Waals surface area (Å²) in [7, 11) is -1.83. The first kappa shape index (κ1) is 24.6. The Bertz CT molecular complexity index is 890. The molecule has 0 atom stereocenters. The number of sulfonamides is 1. The van der Waals surface area contributed by atoms with Gasteiger partial charge in [-0.15, -0.1) is 0 Å². The van der Waals surface area contributed by atoms with E-state index in [1.807, 2.05) is 16.8 Å². The molecule has 0 radical (unpaired) electrons. The van der Waals surface area contributed by atoms with E-state index in [0.717, 1.165) is 31.5 Å². The van der Waals surface area contributed by atoms with Gasteiger partial charge in [0.1, 0.15) is 5.82 Å². The number of piperidine rings is 2. The maximum atomic E-state index is 13.1. The zero-order valence-electron chi connectivity index (χ0n) is 19.0. The van der Waals surface area contributed by atoms with E-state index in [2.05, 4.69) is 6.92 Å². The van der Waals surface area contributed by atoms with Gasteiger partial charge in [0.05, 0.1) is 4.90 Å². The largest absolute Gasteiger partial charge is 0.346 e. The summed E-state index contributed by atoms with van der Waals surface area (Å²) in [6.45, 7) is 4.56. The van der Waals surface area contributed by atoms with Crippen molar-refractivity contribution in [3.63, 3.8) is 0 Å². The van der Waals surface area contributed by atoms with Gasteiger partial charge in [-0.3, -0.25) is 9.59 Å². The molecule has 2 fully saturated rings. The van der Waals surface area contributed by atoms with Gasteiger partial charge >= 0.3 is 0 Å². The summed E-state index contributed by atoms with van der Waals surface area (Å²) >= 11 is 0. The molecule has 9 heteroatoms. The minimum atomic E-state index is -3.68. The minimum absolute atomic E-state index is 0.0244. The van der Waals surface area contributed by atoms with Gasteiger partial charge < -0.3 is 9.80 Å². The summed E-state index contributed by atoms with van der Waals surface area (Å²) in [5.41, 5.74) is 0. The molecule has 32 heavy (non-hydrogen) atoms. The lowest BCUT2D eigenvalue weighted by atomic mass is 9.92. The number of hydrogen-bond donors (Lipinski definition) is 0. The number of amides is 2. The molecule has 0 aliphatic carbocycles. The number of carbonyl (C=O) groups excluding carboxylic acids is 2. The van der Waals surface area contributed by atoms with Crippen molar-refractivity contribution in [1.82, 2.24) is 14.1 Å². The van der Waals surface area contributed by atoms with Crippen LogP contribution in [0.1, 0.15) is 45.4 Å². The van der Waals surface area contributed by atoms with Crippen molar-refractivity contribution in [2.75, 3.05) is 39.8 Å². The van der Waals surface area contributed by atoms with Crippen LogP contribution in [0, 0.1) is 17.7 Å². The van der Waals surface area contributed by atoms with Crippen LogP contribution < -0.4 is 0 Å². The Morgan fingerprint density at radius 1 is 1.00 bits per heavy atom. The van der Waals surface area contributed by atoms with Crippen molar-refractivity contribution in [2.45, 2.75) is 50.3 Å². The van der Waals surface area contributed by atoms with Crippen LogP contribution in [-0.4, -0.2) is 74.1 Å². The highest BCUT2D eigenvalue weighted by molar-refractivity contribution is 7.89. The molecular formula is C23H34FN3O4S. The fourth-order valence-corrected chi connectivity index (χ4v) is 5.99. The summed E-state index contributed by atoms with van der Waals surface area (Å²) in [6.07, 6.45) is 4.34. The van der Waals surface area contributed by atoms with Crippen LogP contribution in [0.15, 0.2) is 29.2 Å². The van der Waals surface area contributed by atoms with Crippen molar-refractivity contribution in [2.24, 2.45) is 11.8 Å². The van der Waals surface area contributed by atoms with Crippen LogP contribution in [0.5, 0.6) is 0 Å². The second kappa shape index (κ2) is 10.7. The Kier molecular flexibility index (Phi) is 8.27. The van der Waals surface area contributed by atoms with Crippen LogP contribution in [0.2, 0.25) is 0 Å².